The summed E-state index contributed by atoms with van der Waals surface area (Å²) < 4.78 is 0. The molecule has 0 spiro atoms. The molecule has 0 atom stereocenters. The topological polar surface area (TPSA) is 58.1 Å². The summed E-state index contributed by atoms with van der Waals surface area (Å²) in [6.45, 7) is 1.08. The Morgan fingerprint density at radius 1 is 0.833 bits per heavy atom. The van der Waals surface area contributed by atoms with Crippen LogP contribution >= 0.6 is 0 Å². The zero-order valence-electron chi connectivity index (χ0n) is 16.5. The molecule has 4 aromatic rings. The van der Waals surface area contributed by atoms with E-state index in [1.165, 1.54) is 0 Å². The summed E-state index contributed by atoms with van der Waals surface area (Å²) in [5.74, 6) is 0.578. The Hall–Kier alpha value is -3.99. The highest BCUT2D eigenvalue weighted by atomic mass is 16.2. The molecule has 5 nitrogen and oxygen atoms in total. The first-order valence-corrected chi connectivity index (χ1v) is 9.79. The summed E-state index contributed by atoms with van der Waals surface area (Å²) in [7, 11) is 0. The van der Waals surface area contributed by atoms with E-state index in [1.54, 1.807) is 35.6 Å². The van der Waals surface area contributed by atoms with Gasteiger partial charge in [0.25, 0.3) is 5.91 Å². The first-order chi connectivity index (χ1) is 14.8. The van der Waals surface area contributed by atoms with E-state index in [-0.39, 0.29) is 5.91 Å². The molecule has 0 unspecified atom stereocenters. The van der Waals surface area contributed by atoms with Crippen LogP contribution < -0.4 is 10.2 Å². The molecule has 0 aliphatic heterocycles. The molecule has 2 aromatic carbocycles. The fourth-order valence-electron chi connectivity index (χ4n) is 3.17. The zero-order valence-corrected chi connectivity index (χ0v) is 16.5. The van der Waals surface area contributed by atoms with E-state index in [0.717, 1.165) is 16.8 Å². The Bertz CT molecular complexity index is 1090. The molecule has 1 amide bonds. The predicted octanol–water partition coefficient (Wildman–Crippen LogP) is 4.94. The number of anilines is 2. The van der Waals surface area contributed by atoms with Crippen molar-refractivity contribution in [3.8, 4) is 0 Å². The van der Waals surface area contributed by atoms with Crippen LogP contribution in [0, 0.1) is 0 Å². The third-order valence-corrected chi connectivity index (χ3v) is 4.70. The number of hydrogen-bond acceptors (Lipinski definition) is 4. The molecule has 30 heavy (non-hydrogen) atoms. The minimum absolute atomic E-state index is 0.0723. The number of benzene rings is 2. The monoisotopic (exact) mass is 394 g/mol. The van der Waals surface area contributed by atoms with Gasteiger partial charge in [-0.3, -0.25) is 9.78 Å². The van der Waals surface area contributed by atoms with E-state index in [1.807, 2.05) is 72.8 Å². The van der Waals surface area contributed by atoms with Crippen LogP contribution in [0.3, 0.4) is 0 Å². The van der Waals surface area contributed by atoms with Crippen molar-refractivity contribution in [2.45, 2.75) is 13.1 Å². The smallest absolute Gasteiger partial charge is 0.258 e. The molecule has 4 rings (SSSR count). The summed E-state index contributed by atoms with van der Waals surface area (Å²) in [5.41, 5.74) is 3.55. The van der Waals surface area contributed by atoms with Crippen molar-refractivity contribution in [2.24, 2.45) is 0 Å². The molecular weight excluding hydrogens is 372 g/mol. The molecular formula is C25H22N4O. The van der Waals surface area contributed by atoms with Crippen LogP contribution in [0.5, 0.6) is 0 Å². The lowest BCUT2D eigenvalue weighted by Crippen LogP contribution is -2.30. The third-order valence-electron chi connectivity index (χ3n) is 4.70. The maximum atomic E-state index is 13.4. The lowest BCUT2D eigenvalue weighted by atomic mass is 10.1. The fourth-order valence-corrected chi connectivity index (χ4v) is 3.17. The zero-order chi connectivity index (χ0) is 20.6. The van der Waals surface area contributed by atoms with Gasteiger partial charge in [0.1, 0.15) is 5.82 Å². The van der Waals surface area contributed by atoms with Gasteiger partial charge in [-0.05, 0) is 41.5 Å². The number of aromatic nitrogens is 2. The number of nitrogens with zero attached hydrogens (tertiary/aromatic N) is 3. The van der Waals surface area contributed by atoms with Gasteiger partial charge in [0.15, 0.2) is 0 Å². The van der Waals surface area contributed by atoms with Gasteiger partial charge in [0, 0.05) is 36.4 Å². The molecule has 148 valence electrons. The predicted molar refractivity (Wildman–Crippen MR) is 119 cm³/mol. The van der Waals surface area contributed by atoms with Gasteiger partial charge in [-0.15, -0.1) is 0 Å². The van der Waals surface area contributed by atoms with Crippen LogP contribution in [0.25, 0.3) is 0 Å². The fraction of sp³-hybridized carbons (Fsp3) is 0.0800. The van der Waals surface area contributed by atoms with Crippen molar-refractivity contribution in [3.63, 3.8) is 0 Å². The molecule has 0 bridgehead atoms. The van der Waals surface area contributed by atoms with E-state index in [0.29, 0.717) is 24.5 Å². The molecule has 2 aromatic heterocycles. The molecule has 0 radical (unpaired) electrons. The van der Waals surface area contributed by atoms with Gasteiger partial charge >= 0.3 is 0 Å². The number of pyridine rings is 2. The van der Waals surface area contributed by atoms with Crippen molar-refractivity contribution in [3.05, 3.63) is 120 Å². The van der Waals surface area contributed by atoms with Crippen molar-refractivity contribution < 1.29 is 4.79 Å². The van der Waals surface area contributed by atoms with Gasteiger partial charge in [0.05, 0.1) is 6.54 Å². The maximum Gasteiger partial charge on any atom is 0.258 e. The van der Waals surface area contributed by atoms with E-state index in [4.69, 9.17) is 0 Å². The number of para-hydroxylation sites is 1. The standard InChI is InChI=1S/C25H22N4O/c30-25(22-13-15-27-24(16-22)28-18-21-10-7-14-26-17-21)29(23-11-5-2-6-12-23)19-20-8-3-1-4-9-20/h1-17H,18-19H2,(H,27,28). The van der Waals surface area contributed by atoms with Crippen molar-refractivity contribution in [1.82, 2.24) is 9.97 Å². The lowest BCUT2D eigenvalue weighted by Gasteiger charge is -2.23. The summed E-state index contributed by atoms with van der Waals surface area (Å²) in [6.07, 6.45) is 5.20. The first-order valence-electron chi connectivity index (χ1n) is 9.79. The Labute approximate surface area is 176 Å². The average Bonchev–Trinajstić information content (AvgIpc) is 2.83. The summed E-state index contributed by atoms with van der Waals surface area (Å²) >= 11 is 0. The van der Waals surface area contributed by atoms with E-state index in [9.17, 15) is 4.79 Å². The molecule has 0 aliphatic carbocycles. The van der Waals surface area contributed by atoms with E-state index in [2.05, 4.69) is 15.3 Å². The van der Waals surface area contributed by atoms with E-state index < -0.39 is 0 Å². The van der Waals surface area contributed by atoms with Gasteiger partial charge in [-0.25, -0.2) is 4.98 Å². The number of carbonyl (C=O) groups is 1. The SMILES string of the molecule is O=C(c1ccnc(NCc2cccnc2)c1)N(Cc1ccccc1)c1ccccc1. The number of rotatable bonds is 7. The van der Waals surface area contributed by atoms with E-state index >= 15 is 0 Å². The molecule has 0 saturated carbocycles. The third kappa shape index (κ3) is 4.89. The van der Waals surface area contributed by atoms with Crippen LogP contribution in [0.2, 0.25) is 0 Å². The normalized spacial score (nSPS) is 10.4. The van der Waals surface area contributed by atoms with Crippen LogP contribution in [-0.2, 0) is 13.1 Å². The molecule has 0 saturated heterocycles. The van der Waals surface area contributed by atoms with Gasteiger partial charge < -0.3 is 10.2 Å². The van der Waals surface area contributed by atoms with Gasteiger partial charge in [0.2, 0.25) is 0 Å². The Balaban J connectivity index is 1.56. The molecule has 2 heterocycles. The molecule has 5 heteroatoms. The number of nitrogens with one attached hydrogen (secondary N) is 1. The molecule has 0 fully saturated rings. The lowest BCUT2D eigenvalue weighted by molar-refractivity contribution is 0.0985. The minimum Gasteiger partial charge on any atom is -0.366 e. The second-order valence-corrected chi connectivity index (χ2v) is 6.86. The van der Waals surface area contributed by atoms with Crippen LogP contribution in [0.4, 0.5) is 11.5 Å². The Morgan fingerprint density at radius 2 is 1.57 bits per heavy atom. The number of carbonyl (C=O) groups excluding carboxylic acids is 1. The van der Waals surface area contributed by atoms with Gasteiger partial charge in [-0.1, -0.05) is 54.6 Å². The highest BCUT2D eigenvalue weighted by molar-refractivity contribution is 6.06. The average molecular weight is 394 g/mol. The number of amides is 1. The quantitative estimate of drug-likeness (QED) is 0.483. The van der Waals surface area contributed by atoms with Crippen molar-refractivity contribution in [1.29, 1.82) is 0 Å². The maximum absolute atomic E-state index is 13.4. The second kappa shape index (κ2) is 9.47. The van der Waals surface area contributed by atoms with Crippen molar-refractivity contribution in [2.75, 3.05) is 10.2 Å². The van der Waals surface area contributed by atoms with Crippen LogP contribution in [0.1, 0.15) is 21.5 Å². The highest BCUT2D eigenvalue weighted by Crippen LogP contribution is 2.21. The summed E-state index contributed by atoms with van der Waals surface area (Å²) in [4.78, 5) is 23.7. The second-order valence-electron chi connectivity index (χ2n) is 6.86. The number of hydrogen-bond donors (Lipinski definition) is 1. The van der Waals surface area contributed by atoms with Gasteiger partial charge in [-0.2, -0.15) is 0 Å². The summed E-state index contributed by atoms with van der Waals surface area (Å²) in [6, 6.07) is 27.1. The van der Waals surface area contributed by atoms with Crippen molar-refractivity contribution >= 4 is 17.4 Å². The minimum atomic E-state index is -0.0723. The Kier molecular flexibility index (Phi) is 6.11. The van der Waals surface area contributed by atoms with Crippen LogP contribution in [-0.4, -0.2) is 15.9 Å². The highest BCUT2D eigenvalue weighted by Gasteiger charge is 2.18. The molecule has 1 N–H and O–H groups in total. The summed E-state index contributed by atoms with van der Waals surface area (Å²) in [5, 5.41) is 3.26. The largest absolute Gasteiger partial charge is 0.366 e. The van der Waals surface area contributed by atoms with Crippen LogP contribution in [0.15, 0.2) is 104 Å². The first kappa shape index (κ1) is 19.3. The Morgan fingerprint density at radius 3 is 2.30 bits per heavy atom. The molecule has 0 aliphatic rings.